The Bertz CT molecular complexity index is 400. The molecule has 4 heteroatoms. The van der Waals surface area contributed by atoms with Crippen LogP contribution in [0.2, 0.25) is 0 Å². The van der Waals surface area contributed by atoms with E-state index in [-0.39, 0.29) is 17.5 Å². The molecule has 0 radical (unpaired) electrons. The molecule has 1 heterocycles. The van der Waals surface area contributed by atoms with Crippen molar-refractivity contribution in [1.82, 2.24) is 5.32 Å². The highest BCUT2D eigenvalue weighted by Crippen LogP contribution is 2.19. The molecule has 2 atom stereocenters. The van der Waals surface area contributed by atoms with E-state index in [1.165, 1.54) is 0 Å². The maximum Gasteiger partial charge on any atom is 0.222 e. The van der Waals surface area contributed by atoms with Crippen molar-refractivity contribution >= 4 is 5.91 Å². The average molecular weight is 248 g/mol. The van der Waals surface area contributed by atoms with Gasteiger partial charge >= 0.3 is 0 Å². The molecule has 0 aromatic heterocycles. The van der Waals surface area contributed by atoms with Crippen LogP contribution in [0.15, 0.2) is 30.3 Å². The van der Waals surface area contributed by atoms with Crippen LogP contribution in [0.3, 0.4) is 0 Å². The zero-order valence-electron chi connectivity index (χ0n) is 10.7. The molecule has 0 spiro atoms. The van der Waals surface area contributed by atoms with Gasteiger partial charge in [0.05, 0.1) is 12.1 Å². The molecule has 1 aliphatic rings. The summed E-state index contributed by atoms with van der Waals surface area (Å²) >= 11 is 0. The fourth-order valence-electron chi connectivity index (χ4n) is 2.17. The zero-order chi connectivity index (χ0) is 13.0. The summed E-state index contributed by atoms with van der Waals surface area (Å²) in [6, 6.07) is 9.43. The summed E-state index contributed by atoms with van der Waals surface area (Å²) in [7, 11) is 0. The van der Waals surface area contributed by atoms with E-state index in [0.29, 0.717) is 19.6 Å². The maximum atomic E-state index is 11.9. The van der Waals surface area contributed by atoms with Gasteiger partial charge in [-0.2, -0.15) is 0 Å². The number of carbonyl (C=O) groups excluding carboxylic acids is 1. The Morgan fingerprint density at radius 1 is 1.50 bits per heavy atom. The van der Waals surface area contributed by atoms with Crippen molar-refractivity contribution in [2.24, 2.45) is 5.73 Å². The predicted octanol–water partition coefficient (Wildman–Crippen LogP) is 1.37. The molecule has 0 aliphatic carbocycles. The van der Waals surface area contributed by atoms with E-state index < -0.39 is 0 Å². The Morgan fingerprint density at radius 2 is 2.22 bits per heavy atom. The fraction of sp³-hybridized carbons (Fsp3) is 0.500. The second kappa shape index (κ2) is 5.50. The number of ether oxygens (including phenoxy) is 1. The summed E-state index contributed by atoms with van der Waals surface area (Å²) in [6.45, 7) is 3.30. The van der Waals surface area contributed by atoms with Crippen LogP contribution >= 0.6 is 0 Å². The molecule has 1 aromatic carbocycles. The molecular weight excluding hydrogens is 228 g/mol. The number of hydrogen-bond acceptors (Lipinski definition) is 3. The maximum absolute atomic E-state index is 11.9. The van der Waals surface area contributed by atoms with Gasteiger partial charge in [-0.05, 0) is 18.9 Å². The van der Waals surface area contributed by atoms with E-state index >= 15 is 0 Å². The summed E-state index contributed by atoms with van der Waals surface area (Å²) in [4.78, 5) is 11.9. The molecular formula is C14H20N2O2. The van der Waals surface area contributed by atoms with Gasteiger partial charge in [0.25, 0.3) is 0 Å². The zero-order valence-corrected chi connectivity index (χ0v) is 10.7. The first kappa shape index (κ1) is 13.1. The van der Waals surface area contributed by atoms with Gasteiger partial charge in [-0.15, -0.1) is 0 Å². The van der Waals surface area contributed by atoms with Crippen LogP contribution in [0.5, 0.6) is 0 Å². The molecule has 98 valence electrons. The minimum Gasteiger partial charge on any atom is -0.379 e. The summed E-state index contributed by atoms with van der Waals surface area (Å²) in [5.74, 6) is -0.0145. The van der Waals surface area contributed by atoms with Gasteiger partial charge in [0.2, 0.25) is 5.91 Å². The summed E-state index contributed by atoms with van der Waals surface area (Å²) in [6.07, 6.45) is 1.17. The lowest BCUT2D eigenvalue weighted by Gasteiger charge is -2.24. The SMILES string of the molecule is CC1(NC(=O)CC(N)c2ccccc2)CCOC1. The Hall–Kier alpha value is -1.39. The number of benzene rings is 1. The Labute approximate surface area is 108 Å². The van der Waals surface area contributed by atoms with Crippen LogP contribution in [0.4, 0.5) is 0 Å². The van der Waals surface area contributed by atoms with Crippen LogP contribution in [0, 0.1) is 0 Å². The van der Waals surface area contributed by atoms with Gasteiger partial charge in [-0.25, -0.2) is 0 Å². The molecule has 4 nitrogen and oxygen atoms in total. The lowest BCUT2D eigenvalue weighted by Crippen LogP contribution is -2.47. The number of nitrogens with two attached hydrogens (primary N) is 1. The number of rotatable bonds is 4. The molecule has 1 fully saturated rings. The third-order valence-corrected chi connectivity index (χ3v) is 3.29. The van der Waals surface area contributed by atoms with E-state index in [9.17, 15) is 4.79 Å². The van der Waals surface area contributed by atoms with Gasteiger partial charge in [0.15, 0.2) is 0 Å². The van der Waals surface area contributed by atoms with Crippen molar-refractivity contribution in [2.75, 3.05) is 13.2 Å². The van der Waals surface area contributed by atoms with Crippen molar-refractivity contribution in [2.45, 2.75) is 31.3 Å². The quantitative estimate of drug-likeness (QED) is 0.846. The number of amides is 1. The molecule has 18 heavy (non-hydrogen) atoms. The van der Waals surface area contributed by atoms with Gasteiger partial charge in [0, 0.05) is 19.1 Å². The van der Waals surface area contributed by atoms with Crippen molar-refractivity contribution < 1.29 is 9.53 Å². The second-order valence-corrected chi connectivity index (χ2v) is 5.13. The molecule has 3 N–H and O–H groups in total. The second-order valence-electron chi connectivity index (χ2n) is 5.13. The average Bonchev–Trinajstić information content (AvgIpc) is 2.76. The molecule has 0 saturated carbocycles. The monoisotopic (exact) mass is 248 g/mol. The normalized spacial score (nSPS) is 24.8. The first-order chi connectivity index (χ1) is 8.59. The highest BCUT2D eigenvalue weighted by molar-refractivity contribution is 5.77. The van der Waals surface area contributed by atoms with Crippen LogP contribution < -0.4 is 11.1 Å². The van der Waals surface area contributed by atoms with Crippen LogP contribution in [0.1, 0.15) is 31.4 Å². The molecule has 1 aromatic rings. The third-order valence-electron chi connectivity index (χ3n) is 3.29. The van der Waals surface area contributed by atoms with E-state index in [0.717, 1.165) is 12.0 Å². The summed E-state index contributed by atoms with van der Waals surface area (Å²) in [5, 5.41) is 3.01. The van der Waals surface area contributed by atoms with E-state index in [1.807, 2.05) is 37.3 Å². The minimum atomic E-state index is -0.253. The largest absolute Gasteiger partial charge is 0.379 e. The first-order valence-corrected chi connectivity index (χ1v) is 6.28. The predicted molar refractivity (Wildman–Crippen MR) is 70.0 cm³/mol. The van der Waals surface area contributed by atoms with Gasteiger partial charge < -0.3 is 15.8 Å². The topological polar surface area (TPSA) is 64.4 Å². The Balaban J connectivity index is 1.88. The number of nitrogens with one attached hydrogen (secondary N) is 1. The molecule has 2 unspecified atom stereocenters. The third kappa shape index (κ3) is 3.31. The first-order valence-electron chi connectivity index (χ1n) is 6.28. The molecule has 1 amide bonds. The lowest BCUT2D eigenvalue weighted by molar-refractivity contribution is -0.123. The highest BCUT2D eigenvalue weighted by atomic mass is 16.5. The number of hydrogen-bond donors (Lipinski definition) is 2. The standard InChI is InChI=1S/C14H20N2O2/c1-14(7-8-18-10-14)16-13(17)9-12(15)11-5-3-2-4-6-11/h2-6,12H,7-10,15H2,1H3,(H,16,17). The van der Waals surface area contributed by atoms with Crippen molar-refractivity contribution in [1.29, 1.82) is 0 Å². The van der Waals surface area contributed by atoms with Crippen molar-refractivity contribution in [3.63, 3.8) is 0 Å². The van der Waals surface area contributed by atoms with Gasteiger partial charge in [0.1, 0.15) is 0 Å². The van der Waals surface area contributed by atoms with Gasteiger partial charge in [-0.3, -0.25) is 4.79 Å². The molecule has 0 bridgehead atoms. The molecule has 2 rings (SSSR count). The molecule has 1 saturated heterocycles. The number of carbonyl (C=O) groups is 1. The molecule has 1 aliphatic heterocycles. The fourth-order valence-corrected chi connectivity index (χ4v) is 2.17. The highest BCUT2D eigenvalue weighted by Gasteiger charge is 2.31. The van der Waals surface area contributed by atoms with Crippen molar-refractivity contribution in [3.8, 4) is 0 Å². The van der Waals surface area contributed by atoms with Crippen LogP contribution in [-0.4, -0.2) is 24.7 Å². The van der Waals surface area contributed by atoms with Gasteiger partial charge in [-0.1, -0.05) is 30.3 Å². The summed E-state index contributed by atoms with van der Waals surface area (Å²) < 4.78 is 5.30. The lowest BCUT2D eigenvalue weighted by atomic mass is 10.00. The Morgan fingerprint density at radius 3 is 2.83 bits per heavy atom. The van der Waals surface area contributed by atoms with E-state index in [2.05, 4.69) is 5.32 Å². The van der Waals surface area contributed by atoms with E-state index in [4.69, 9.17) is 10.5 Å². The minimum absolute atomic E-state index is 0.0145. The van der Waals surface area contributed by atoms with E-state index in [1.54, 1.807) is 0 Å². The smallest absolute Gasteiger partial charge is 0.222 e. The van der Waals surface area contributed by atoms with Crippen LogP contribution in [0.25, 0.3) is 0 Å². The van der Waals surface area contributed by atoms with Crippen molar-refractivity contribution in [3.05, 3.63) is 35.9 Å². The Kier molecular flexibility index (Phi) is 3.99. The summed E-state index contributed by atoms with van der Waals surface area (Å²) in [5.41, 5.74) is 6.78. The van der Waals surface area contributed by atoms with Crippen LogP contribution in [-0.2, 0) is 9.53 Å².